The van der Waals surface area contributed by atoms with Crippen LogP contribution in [0.2, 0.25) is 0 Å². The number of hydrogen-bond donors (Lipinski definition) is 1. The minimum atomic E-state index is -0.854. The minimum absolute atomic E-state index is 0.0168. The topological polar surface area (TPSA) is 102 Å². The summed E-state index contributed by atoms with van der Waals surface area (Å²) in [6, 6.07) is 10.8. The van der Waals surface area contributed by atoms with Crippen LogP contribution in [-0.2, 0) is 9.59 Å². The number of aliphatic hydroxyl groups excluding tert-OH is 1. The van der Waals surface area contributed by atoms with Crippen molar-refractivity contribution >= 4 is 23.1 Å². The summed E-state index contributed by atoms with van der Waals surface area (Å²) in [5.41, 5.74) is 1.41. The third-order valence-electron chi connectivity index (χ3n) is 5.03. The van der Waals surface area contributed by atoms with Crippen LogP contribution in [0.15, 0.2) is 72.8 Å². The van der Waals surface area contributed by atoms with Gasteiger partial charge in [0.2, 0.25) is 6.79 Å². The highest BCUT2D eigenvalue weighted by Gasteiger charge is 2.47. The number of benzene rings is 1. The summed E-state index contributed by atoms with van der Waals surface area (Å²) in [7, 11) is 0. The van der Waals surface area contributed by atoms with Crippen LogP contribution >= 0.6 is 0 Å². The van der Waals surface area contributed by atoms with Gasteiger partial charge >= 0.3 is 0 Å². The number of fused-ring (bicyclic) bond motifs is 1. The molecule has 30 heavy (non-hydrogen) atoms. The normalized spacial score (nSPS) is 19.3. The Bertz CT molecular complexity index is 1180. The molecule has 0 radical (unpaired) electrons. The number of rotatable bonds is 3. The van der Waals surface area contributed by atoms with Gasteiger partial charge in [-0.05, 0) is 35.9 Å². The Kier molecular flexibility index (Phi) is 4.17. The number of carbonyl (C=O) groups is 2. The summed E-state index contributed by atoms with van der Waals surface area (Å²) in [6.45, 7) is 0.0890. The van der Waals surface area contributed by atoms with Crippen LogP contribution in [-0.4, -0.2) is 33.6 Å². The van der Waals surface area contributed by atoms with Gasteiger partial charge in [-0.25, -0.2) is 0 Å². The fourth-order valence-electron chi connectivity index (χ4n) is 3.65. The lowest BCUT2D eigenvalue weighted by molar-refractivity contribution is -0.132. The number of ketones is 1. The van der Waals surface area contributed by atoms with Crippen molar-refractivity contribution in [2.45, 2.75) is 6.04 Å². The lowest BCUT2D eigenvalue weighted by atomic mass is 9.96. The molecule has 1 amide bonds. The number of aromatic nitrogens is 2. The summed E-state index contributed by atoms with van der Waals surface area (Å²) in [5, 5.41) is 10.9. The van der Waals surface area contributed by atoms with Crippen molar-refractivity contribution in [3.05, 3.63) is 84.0 Å². The molecule has 148 valence electrons. The van der Waals surface area contributed by atoms with Gasteiger partial charge in [0.25, 0.3) is 11.7 Å². The van der Waals surface area contributed by atoms with E-state index >= 15 is 0 Å². The first kappa shape index (κ1) is 17.9. The number of amides is 1. The Morgan fingerprint density at radius 1 is 1.00 bits per heavy atom. The minimum Gasteiger partial charge on any atom is -0.507 e. The Morgan fingerprint density at radius 3 is 2.57 bits per heavy atom. The molecule has 1 unspecified atom stereocenters. The van der Waals surface area contributed by atoms with E-state index in [2.05, 4.69) is 9.97 Å². The molecule has 0 saturated carbocycles. The molecule has 0 bridgehead atoms. The molecule has 1 fully saturated rings. The van der Waals surface area contributed by atoms with Gasteiger partial charge in [-0.15, -0.1) is 0 Å². The standard InChI is InChI=1S/C22H15N3O5/c26-20(13-5-8-23-9-6-13)18-19(14-2-1-7-24-11-14)25(22(28)21(18)27)15-3-4-16-17(10-15)30-12-29-16/h1-11,19,26H,12H2/b20-18+. The Morgan fingerprint density at radius 2 is 1.80 bits per heavy atom. The second-order valence-corrected chi connectivity index (χ2v) is 6.73. The Labute approximate surface area is 171 Å². The smallest absolute Gasteiger partial charge is 0.300 e. The first-order valence-corrected chi connectivity index (χ1v) is 9.16. The van der Waals surface area contributed by atoms with Gasteiger partial charge in [-0.2, -0.15) is 0 Å². The summed E-state index contributed by atoms with van der Waals surface area (Å²) in [6.07, 6.45) is 6.17. The van der Waals surface area contributed by atoms with Crippen molar-refractivity contribution in [2.24, 2.45) is 0 Å². The zero-order chi connectivity index (χ0) is 20.7. The highest BCUT2D eigenvalue weighted by molar-refractivity contribution is 6.51. The van der Waals surface area contributed by atoms with Gasteiger partial charge in [0.05, 0.1) is 11.6 Å². The van der Waals surface area contributed by atoms with Gasteiger partial charge in [0.1, 0.15) is 5.76 Å². The maximum absolute atomic E-state index is 13.1. The van der Waals surface area contributed by atoms with E-state index in [9.17, 15) is 14.7 Å². The number of anilines is 1. The van der Waals surface area contributed by atoms with Gasteiger partial charge in [-0.1, -0.05) is 6.07 Å². The van der Waals surface area contributed by atoms with Crippen LogP contribution < -0.4 is 14.4 Å². The predicted octanol–water partition coefficient (Wildman–Crippen LogP) is 2.83. The van der Waals surface area contributed by atoms with Crippen molar-refractivity contribution in [3.8, 4) is 11.5 Å². The largest absolute Gasteiger partial charge is 0.507 e. The van der Waals surface area contributed by atoms with Crippen molar-refractivity contribution < 1.29 is 24.2 Å². The number of hydrogen-bond acceptors (Lipinski definition) is 7. The van der Waals surface area contributed by atoms with Crippen molar-refractivity contribution in [3.63, 3.8) is 0 Å². The van der Waals surface area contributed by atoms with Gasteiger partial charge in [0, 0.05) is 42.1 Å². The van der Waals surface area contributed by atoms with Gasteiger partial charge < -0.3 is 14.6 Å². The lowest BCUT2D eigenvalue weighted by Crippen LogP contribution is -2.29. The van der Waals surface area contributed by atoms with E-state index in [0.717, 1.165) is 0 Å². The van der Waals surface area contributed by atoms with E-state index in [1.165, 1.54) is 17.3 Å². The fourth-order valence-corrected chi connectivity index (χ4v) is 3.65. The quantitative estimate of drug-likeness (QED) is 0.409. The molecule has 8 nitrogen and oxygen atoms in total. The summed E-state index contributed by atoms with van der Waals surface area (Å²) < 4.78 is 10.8. The molecule has 1 N–H and O–H groups in total. The van der Waals surface area contributed by atoms with Crippen LogP contribution in [0.1, 0.15) is 17.2 Å². The molecule has 8 heteroatoms. The molecule has 2 aliphatic rings. The highest BCUT2D eigenvalue weighted by Crippen LogP contribution is 2.44. The molecule has 5 rings (SSSR count). The van der Waals surface area contributed by atoms with E-state index in [1.807, 2.05) is 0 Å². The zero-order valence-corrected chi connectivity index (χ0v) is 15.6. The first-order valence-electron chi connectivity index (χ1n) is 9.16. The van der Waals surface area contributed by atoms with E-state index in [-0.39, 0.29) is 18.1 Å². The number of pyridine rings is 2. The van der Waals surface area contributed by atoms with E-state index in [0.29, 0.717) is 28.3 Å². The summed E-state index contributed by atoms with van der Waals surface area (Å²) >= 11 is 0. The third kappa shape index (κ3) is 2.77. The van der Waals surface area contributed by atoms with E-state index in [4.69, 9.17) is 9.47 Å². The number of aliphatic hydroxyl groups is 1. The molecule has 4 heterocycles. The lowest BCUT2D eigenvalue weighted by Gasteiger charge is -2.25. The maximum atomic E-state index is 13.1. The molecular formula is C22H15N3O5. The molecule has 1 aromatic carbocycles. The first-order chi connectivity index (χ1) is 14.6. The second-order valence-electron chi connectivity index (χ2n) is 6.73. The number of ether oxygens (including phenoxy) is 2. The molecule has 2 aromatic heterocycles. The zero-order valence-electron chi connectivity index (χ0n) is 15.6. The highest BCUT2D eigenvalue weighted by atomic mass is 16.7. The molecule has 3 aromatic rings. The van der Waals surface area contributed by atoms with Crippen molar-refractivity contribution in [1.29, 1.82) is 0 Å². The van der Waals surface area contributed by atoms with Crippen molar-refractivity contribution in [1.82, 2.24) is 9.97 Å². The molecule has 2 aliphatic heterocycles. The van der Waals surface area contributed by atoms with E-state index in [1.54, 1.807) is 54.9 Å². The fraction of sp³-hybridized carbons (Fsp3) is 0.0909. The Hall–Kier alpha value is -4.20. The van der Waals surface area contributed by atoms with Crippen LogP contribution in [0.5, 0.6) is 11.5 Å². The van der Waals surface area contributed by atoms with Crippen molar-refractivity contribution in [2.75, 3.05) is 11.7 Å². The average molecular weight is 401 g/mol. The second kappa shape index (κ2) is 7.00. The molecule has 1 atom stereocenters. The summed E-state index contributed by atoms with van der Waals surface area (Å²) in [4.78, 5) is 35.5. The summed E-state index contributed by atoms with van der Waals surface area (Å²) in [5.74, 6) is -0.763. The number of Topliss-reactive ketones (excluding diaryl/α,β-unsaturated/α-hetero) is 1. The third-order valence-corrected chi connectivity index (χ3v) is 5.03. The molecular weight excluding hydrogens is 386 g/mol. The SMILES string of the molecule is O=C1C(=O)N(c2ccc3c(c2)OCO3)C(c2cccnc2)/C1=C(\O)c1ccncc1. The maximum Gasteiger partial charge on any atom is 0.300 e. The van der Waals surface area contributed by atoms with Crippen LogP contribution in [0.3, 0.4) is 0 Å². The number of carbonyl (C=O) groups excluding carboxylic acids is 2. The molecule has 1 saturated heterocycles. The monoisotopic (exact) mass is 401 g/mol. The average Bonchev–Trinajstić information content (AvgIpc) is 3.36. The van der Waals surface area contributed by atoms with Crippen LogP contribution in [0.4, 0.5) is 5.69 Å². The van der Waals surface area contributed by atoms with Crippen LogP contribution in [0, 0.1) is 0 Å². The van der Waals surface area contributed by atoms with Gasteiger partial charge in [0.15, 0.2) is 11.5 Å². The molecule has 0 aliphatic carbocycles. The number of nitrogens with zero attached hydrogens (tertiary/aromatic N) is 3. The Balaban J connectivity index is 1.71. The predicted molar refractivity (Wildman–Crippen MR) is 106 cm³/mol. The van der Waals surface area contributed by atoms with Gasteiger partial charge in [-0.3, -0.25) is 24.5 Å². The van der Waals surface area contributed by atoms with Crippen LogP contribution in [0.25, 0.3) is 5.76 Å². The molecule has 0 spiro atoms. The van der Waals surface area contributed by atoms with E-state index < -0.39 is 17.7 Å².